The van der Waals surface area contributed by atoms with Crippen molar-refractivity contribution in [2.45, 2.75) is 19.4 Å². The minimum absolute atomic E-state index is 0.0135. The number of halogens is 1. The van der Waals surface area contributed by atoms with Crippen LogP contribution in [-0.2, 0) is 11.3 Å². The van der Waals surface area contributed by atoms with Crippen molar-refractivity contribution in [3.63, 3.8) is 0 Å². The van der Waals surface area contributed by atoms with Crippen molar-refractivity contribution in [2.24, 2.45) is 5.92 Å². The number of hydrogen-bond acceptors (Lipinski definition) is 5. The van der Waals surface area contributed by atoms with Crippen LogP contribution in [-0.4, -0.2) is 34.1 Å². The minimum Gasteiger partial charge on any atom is -0.300 e. The lowest BCUT2D eigenvalue weighted by Gasteiger charge is -2.32. The number of rotatable bonds is 5. The van der Waals surface area contributed by atoms with E-state index >= 15 is 0 Å². The maximum atomic E-state index is 12.8. The molecule has 1 saturated heterocycles. The Morgan fingerprint density at radius 2 is 1.93 bits per heavy atom. The monoisotopic (exact) mass is 412 g/mol. The zero-order valence-electron chi connectivity index (χ0n) is 15.3. The third-order valence-electron chi connectivity index (χ3n) is 4.90. The van der Waals surface area contributed by atoms with Crippen LogP contribution in [0.1, 0.15) is 18.4 Å². The summed E-state index contributed by atoms with van der Waals surface area (Å²) < 4.78 is 0. The van der Waals surface area contributed by atoms with Crippen molar-refractivity contribution in [3.8, 4) is 10.6 Å². The fraction of sp³-hybridized carbons (Fsp3) is 0.286. The number of carbonyl (C=O) groups is 1. The van der Waals surface area contributed by atoms with E-state index in [1.165, 1.54) is 11.3 Å². The average Bonchev–Trinajstić information content (AvgIpc) is 3.19. The Hall–Kier alpha value is -2.28. The first-order valence-corrected chi connectivity index (χ1v) is 10.5. The number of nitrogens with zero attached hydrogens (tertiary/aromatic N) is 3. The van der Waals surface area contributed by atoms with Crippen molar-refractivity contribution in [3.05, 3.63) is 65.2 Å². The van der Waals surface area contributed by atoms with Crippen LogP contribution in [0.4, 0.5) is 5.13 Å². The summed E-state index contributed by atoms with van der Waals surface area (Å²) in [6, 6.07) is 17.7. The van der Waals surface area contributed by atoms with Crippen LogP contribution >= 0.6 is 22.9 Å². The Kier molecular flexibility index (Phi) is 6.00. The molecule has 144 valence electrons. The molecule has 3 aromatic rings. The summed E-state index contributed by atoms with van der Waals surface area (Å²) in [6.07, 6.45) is 1.88. The Morgan fingerprint density at radius 1 is 1.14 bits per heavy atom. The molecule has 0 saturated carbocycles. The summed E-state index contributed by atoms with van der Waals surface area (Å²) in [5.74, 6) is -0.0417. The first kappa shape index (κ1) is 19.1. The van der Waals surface area contributed by atoms with Crippen LogP contribution in [0.15, 0.2) is 54.6 Å². The molecule has 1 aliphatic heterocycles. The molecule has 0 spiro atoms. The average molecular weight is 413 g/mol. The molecule has 0 unspecified atom stereocenters. The third-order valence-corrected chi connectivity index (χ3v) is 6.16. The molecule has 1 aliphatic rings. The van der Waals surface area contributed by atoms with Gasteiger partial charge < -0.3 is 5.32 Å². The maximum Gasteiger partial charge on any atom is 0.230 e. The van der Waals surface area contributed by atoms with Crippen LogP contribution in [0.5, 0.6) is 0 Å². The summed E-state index contributed by atoms with van der Waals surface area (Å²) in [4.78, 5) is 15.0. The van der Waals surface area contributed by atoms with Crippen LogP contribution in [0.25, 0.3) is 10.6 Å². The van der Waals surface area contributed by atoms with Gasteiger partial charge in [0.1, 0.15) is 5.01 Å². The van der Waals surface area contributed by atoms with Gasteiger partial charge in [-0.05, 0) is 31.0 Å². The Bertz CT molecular complexity index is 946. The van der Waals surface area contributed by atoms with Crippen molar-refractivity contribution < 1.29 is 4.79 Å². The Morgan fingerprint density at radius 3 is 2.75 bits per heavy atom. The SMILES string of the molecule is O=C(Nc1nnc(-c2ccccc2)s1)[C@H]1CCCN(Cc2ccccc2Cl)C1. The fourth-order valence-electron chi connectivity index (χ4n) is 3.46. The zero-order chi connectivity index (χ0) is 19.3. The quantitative estimate of drug-likeness (QED) is 0.659. The van der Waals surface area contributed by atoms with Gasteiger partial charge in [0.2, 0.25) is 11.0 Å². The summed E-state index contributed by atoms with van der Waals surface area (Å²) in [5.41, 5.74) is 2.10. The van der Waals surface area contributed by atoms with Gasteiger partial charge in [0.25, 0.3) is 0 Å². The predicted molar refractivity (Wildman–Crippen MR) is 113 cm³/mol. The van der Waals surface area contributed by atoms with Crippen molar-refractivity contribution in [1.82, 2.24) is 15.1 Å². The standard InChI is InChI=1S/C21H21ClN4OS/c22-18-11-5-4-9-16(18)13-26-12-6-10-17(14-26)19(27)23-21-25-24-20(28-21)15-7-2-1-3-8-15/h1-5,7-9,11,17H,6,10,12-14H2,(H,23,25,27)/t17-/m0/s1. The second kappa shape index (κ2) is 8.82. The number of anilines is 1. The van der Waals surface area contributed by atoms with E-state index in [0.717, 1.165) is 53.6 Å². The van der Waals surface area contributed by atoms with Gasteiger partial charge in [0.15, 0.2) is 0 Å². The second-order valence-electron chi connectivity index (χ2n) is 6.93. The Balaban J connectivity index is 1.37. The van der Waals surface area contributed by atoms with Crippen molar-refractivity contribution >= 4 is 34.0 Å². The zero-order valence-corrected chi connectivity index (χ0v) is 16.9. The lowest BCUT2D eigenvalue weighted by atomic mass is 9.97. The highest BCUT2D eigenvalue weighted by Gasteiger charge is 2.27. The summed E-state index contributed by atoms with van der Waals surface area (Å²) in [7, 11) is 0. The van der Waals surface area contributed by atoms with Crippen molar-refractivity contribution in [1.29, 1.82) is 0 Å². The highest BCUT2D eigenvalue weighted by molar-refractivity contribution is 7.18. The number of piperidine rings is 1. The van der Waals surface area contributed by atoms with Crippen LogP contribution in [0.2, 0.25) is 5.02 Å². The van der Waals surface area contributed by atoms with Crippen LogP contribution in [0, 0.1) is 5.92 Å². The van der Waals surface area contributed by atoms with E-state index in [4.69, 9.17) is 11.6 Å². The number of hydrogen-bond donors (Lipinski definition) is 1. The summed E-state index contributed by atoms with van der Waals surface area (Å²) >= 11 is 7.68. The molecule has 1 amide bonds. The van der Waals surface area contributed by atoms with Crippen LogP contribution in [0.3, 0.4) is 0 Å². The molecule has 28 heavy (non-hydrogen) atoms. The molecule has 1 fully saturated rings. The smallest absolute Gasteiger partial charge is 0.230 e. The highest BCUT2D eigenvalue weighted by atomic mass is 35.5. The molecule has 0 bridgehead atoms. The number of carbonyl (C=O) groups excluding carboxylic acids is 1. The molecule has 0 radical (unpaired) electrons. The normalized spacial score (nSPS) is 17.4. The molecular weight excluding hydrogens is 392 g/mol. The van der Waals surface area contributed by atoms with Gasteiger partial charge in [0.05, 0.1) is 5.92 Å². The lowest BCUT2D eigenvalue weighted by Crippen LogP contribution is -2.40. The lowest BCUT2D eigenvalue weighted by molar-refractivity contribution is -0.121. The fourth-order valence-corrected chi connectivity index (χ4v) is 4.41. The number of likely N-dealkylation sites (tertiary alicyclic amines) is 1. The van der Waals surface area contributed by atoms with E-state index in [1.54, 1.807) is 0 Å². The third kappa shape index (κ3) is 4.58. The van der Waals surface area contributed by atoms with Gasteiger partial charge in [-0.25, -0.2) is 0 Å². The van der Waals surface area contributed by atoms with Gasteiger partial charge in [-0.15, -0.1) is 10.2 Å². The van der Waals surface area contributed by atoms with E-state index < -0.39 is 0 Å². The molecule has 0 aliphatic carbocycles. The highest BCUT2D eigenvalue weighted by Crippen LogP contribution is 2.27. The molecule has 4 rings (SSSR count). The molecule has 5 nitrogen and oxygen atoms in total. The molecule has 1 N–H and O–H groups in total. The predicted octanol–water partition coefficient (Wildman–Crippen LogP) is 4.71. The van der Waals surface area contributed by atoms with E-state index in [2.05, 4.69) is 20.4 Å². The molecule has 1 atom stereocenters. The molecular formula is C21H21ClN4OS. The largest absolute Gasteiger partial charge is 0.300 e. The first-order valence-electron chi connectivity index (χ1n) is 9.34. The van der Waals surface area contributed by atoms with E-state index in [0.29, 0.717) is 5.13 Å². The maximum absolute atomic E-state index is 12.8. The van der Waals surface area contributed by atoms with Gasteiger partial charge in [0, 0.05) is 23.7 Å². The summed E-state index contributed by atoms with van der Waals surface area (Å²) in [5, 5.41) is 13.4. The van der Waals surface area contributed by atoms with Gasteiger partial charge in [-0.3, -0.25) is 9.69 Å². The number of benzene rings is 2. The first-order chi connectivity index (χ1) is 13.7. The Labute approximate surface area is 173 Å². The second-order valence-corrected chi connectivity index (χ2v) is 8.32. The minimum atomic E-state index is -0.0553. The van der Waals surface area contributed by atoms with Crippen molar-refractivity contribution in [2.75, 3.05) is 18.4 Å². The topological polar surface area (TPSA) is 58.1 Å². The van der Waals surface area contributed by atoms with E-state index in [-0.39, 0.29) is 11.8 Å². The molecule has 1 aromatic heterocycles. The summed E-state index contributed by atoms with van der Waals surface area (Å²) in [6.45, 7) is 2.47. The number of nitrogens with one attached hydrogen (secondary N) is 1. The van der Waals surface area contributed by atoms with Gasteiger partial charge in [-0.2, -0.15) is 0 Å². The van der Waals surface area contributed by atoms with Gasteiger partial charge in [-0.1, -0.05) is 71.5 Å². The molecule has 2 aromatic carbocycles. The molecule has 7 heteroatoms. The van der Waals surface area contributed by atoms with E-state index in [1.807, 2.05) is 54.6 Å². The molecule has 2 heterocycles. The van der Waals surface area contributed by atoms with Gasteiger partial charge >= 0.3 is 0 Å². The number of amides is 1. The number of aromatic nitrogens is 2. The van der Waals surface area contributed by atoms with Crippen LogP contribution < -0.4 is 5.32 Å². The van der Waals surface area contributed by atoms with E-state index in [9.17, 15) is 4.79 Å².